The van der Waals surface area contributed by atoms with Gasteiger partial charge in [-0.3, -0.25) is 0 Å². The molecule has 0 saturated carbocycles. The monoisotopic (exact) mass is 340 g/mol. The number of fused-ring (bicyclic) bond motifs is 3. The lowest BCUT2D eigenvalue weighted by Gasteiger charge is -2.33. The lowest BCUT2D eigenvalue weighted by atomic mass is 9.93. The van der Waals surface area contributed by atoms with Gasteiger partial charge in [-0.25, -0.2) is 0 Å². The Balaban J connectivity index is 2.27. The molecule has 0 bridgehead atoms. The molecular weight excluding hydrogens is 325 g/mol. The number of thioether (sulfide) groups is 1. The van der Waals surface area contributed by atoms with Crippen LogP contribution in [0.15, 0.2) is 12.1 Å². The normalized spacial score (nSPS) is 21.2. The summed E-state index contributed by atoms with van der Waals surface area (Å²) in [5.74, 6) is 0.698. The molecule has 2 heterocycles. The van der Waals surface area contributed by atoms with E-state index in [1.165, 1.54) is 6.07 Å². The Morgan fingerprint density at radius 3 is 2.78 bits per heavy atom. The molecule has 0 radical (unpaired) electrons. The first-order valence-corrected chi connectivity index (χ1v) is 8.49. The molecule has 1 atom stereocenters. The average molecular weight is 340 g/mol. The number of benzene rings is 1. The van der Waals surface area contributed by atoms with E-state index in [4.69, 9.17) is 10.00 Å². The highest BCUT2D eigenvalue weighted by Crippen LogP contribution is 2.41. The number of alkyl halides is 3. The van der Waals surface area contributed by atoms with Gasteiger partial charge in [0, 0.05) is 16.7 Å². The molecule has 7 heteroatoms. The second kappa shape index (κ2) is 5.46. The van der Waals surface area contributed by atoms with Gasteiger partial charge in [0.2, 0.25) is 0 Å². The highest BCUT2D eigenvalue weighted by Gasteiger charge is 2.38. The number of nitriles is 1. The maximum absolute atomic E-state index is 13.1. The summed E-state index contributed by atoms with van der Waals surface area (Å²) in [6, 6.07) is 4.05. The third kappa shape index (κ3) is 2.60. The Bertz CT molecular complexity index is 806. The minimum Gasteiger partial charge on any atom is -0.368 e. The van der Waals surface area contributed by atoms with E-state index in [9.17, 15) is 13.2 Å². The largest absolute Gasteiger partial charge is 0.417 e. The number of hydrogen-bond acceptors (Lipinski definition) is 3. The molecule has 0 spiro atoms. The van der Waals surface area contributed by atoms with Gasteiger partial charge in [-0.1, -0.05) is 0 Å². The van der Waals surface area contributed by atoms with Crippen LogP contribution in [0.25, 0.3) is 10.9 Å². The van der Waals surface area contributed by atoms with E-state index in [-0.39, 0.29) is 5.56 Å². The lowest BCUT2D eigenvalue weighted by Crippen LogP contribution is -2.34. The third-order valence-electron chi connectivity index (χ3n) is 4.19. The fourth-order valence-electron chi connectivity index (χ4n) is 3.18. The van der Waals surface area contributed by atoms with E-state index in [1.807, 2.05) is 13.2 Å². The summed E-state index contributed by atoms with van der Waals surface area (Å²) in [7, 11) is 0. The Labute approximate surface area is 135 Å². The third-order valence-corrected chi connectivity index (χ3v) is 5.03. The van der Waals surface area contributed by atoms with Crippen molar-refractivity contribution >= 4 is 22.7 Å². The Kier molecular flexibility index (Phi) is 3.85. The minimum atomic E-state index is -4.55. The second-order valence-corrected chi connectivity index (χ2v) is 6.66. The maximum atomic E-state index is 13.1. The molecule has 1 aromatic carbocycles. The maximum Gasteiger partial charge on any atom is 0.417 e. The molecule has 1 aromatic heterocycles. The van der Waals surface area contributed by atoms with Gasteiger partial charge >= 0.3 is 6.18 Å². The molecule has 3 rings (SSSR count). The van der Waals surface area contributed by atoms with E-state index in [0.717, 1.165) is 17.3 Å². The predicted molar refractivity (Wildman–Crippen MR) is 83.4 cm³/mol. The molecule has 3 nitrogen and oxygen atoms in total. The SMILES string of the molecule is CSCC1(C)OCCc2c1[nH]c1cc(C(F)(F)F)c(C#N)cc21. The molecule has 1 aliphatic rings. The molecule has 0 fully saturated rings. The van der Waals surface area contributed by atoms with Crippen LogP contribution >= 0.6 is 11.8 Å². The number of H-pyrrole nitrogens is 1. The zero-order valence-electron chi connectivity index (χ0n) is 12.7. The van der Waals surface area contributed by atoms with Crippen molar-refractivity contribution < 1.29 is 17.9 Å². The van der Waals surface area contributed by atoms with Crippen molar-refractivity contribution in [1.29, 1.82) is 5.26 Å². The van der Waals surface area contributed by atoms with Crippen LogP contribution < -0.4 is 0 Å². The van der Waals surface area contributed by atoms with Crippen molar-refractivity contribution in [3.05, 3.63) is 34.5 Å². The number of aromatic nitrogens is 1. The molecule has 0 saturated heterocycles. The molecule has 2 aromatic rings. The van der Waals surface area contributed by atoms with Crippen LogP contribution in [0, 0.1) is 11.3 Å². The number of halogens is 3. The van der Waals surface area contributed by atoms with Crippen molar-refractivity contribution in [1.82, 2.24) is 4.98 Å². The fourth-order valence-corrected chi connectivity index (χ4v) is 3.95. The van der Waals surface area contributed by atoms with Gasteiger partial charge in [-0.2, -0.15) is 30.2 Å². The average Bonchev–Trinajstić information content (AvgIpc) is 2.85. The molecule has 0 aliphatic carbocycles. The highest BCUT2D eigenvalue weighted by molar-refractivity contribution is 7.98. The van der Waals surface area contributed by atoms with Crippen molar-refractivity contribution in [2.45, 2.75) is 25.1 Å². The summed E-state index contributed by atoms with van der Waals surface area (Å²) in [5, 5.41) is 9.76. The number of nitrogens with zero attached hydrogens (tertiary/aromatic N) is 1. The fraction of sp³-hybridized carbons (Fsp3) is 0.438. The minimum absolute atomic E-state index is 0.343. The number of rotatable bonds is 2. The van der Waals surface area contributed by atoms with E-state index >= 15 is 0 Å². The zero-order valence-corrected chi connectivity index (χ0v) is 13.5. The smallest absolute Gasteiger partial charge is 0.368 e. The molecule has 0 amide bonds. The van der Waals surface area contributed by atoms with Crippen LogP contribution in [0.1, 0.15) is 29.3 Å². The summed E-state index contributed by atoms with van der Waals surface area (Å²) < 4.78 is 45.3. The van der Waals surface area contributed by atoms with E-state index in [1.54, 1.807) is 17.8 Å². The summed E-state index contributed by atoms with van der Waals surface area (Å²) in [5.41, 5.74) is 0.365. The Morgan fingerprint density at radius 2 is 2.17 bits per heavy atom. The number of hydrogen-bond donors (Lipinski definition) is 1. The van der Waals surface area contributed by atoms with E-state index < -0.39 is 17.3 Å². The van der Waals surface area contributed by atoms with Crippen molar-refractivity contribution in [2.75, 3.05) is 18.6 Å². The highest BCUT2D eigenvalue weighted by atomic mass is 32.2. The number of aromatic amines is 1. The first-order chi connectivity index (χ1) is 10.8. The Morgan fingerprint density at radius 1 is 1.43 bits per heavy atom. The summed E-state index contributed by atoms with van der Waals surface area (Å²) in [4.78, 5) is 3.11. The van der Waals surface area contributed by atoms with Crippen molar-refractivity contribution in [2.24, 2.45) is 0 Å². The van der Waals surface area contributed by atoms with Gasteiger partial charge in [0.25, 0.3) is 0 Å². The summed E-state index contributed by atoms with van der Waals surface area (Å²) in [6.07, 6.45) is -1.97. The van der Waals surface area contributed by atoms with Gasteiger partial charge < -0.3 is 9.72 Å². The van der Waals surface area contributed by atoms with Gasteiger partial charge in [0.1, 0.15) is 5.60 Å². The van der Waals surface area contributed by atoms with E-state index in [2.05, 4.69) is 4.98 Å². The van der Waals surface area contributed by atoms with Crippen LogP contribution in [0.3, 0.4) is 0 Å². The lowest BCUT2D eigenvalue weighted by molar-refractivity contribution is -0.137. The van der Waals surface area contributed by atoms with Crippen molar-refractivity contribution in [3.8, 4) is 6.07 Å². The second-order valence-electron chi connectivity index (χ2n) is 5.79. The van der Waals surface area contributed by atoms with Crippen LogP contribution in [0.2, 0.25) is 0 Å². The summed E-state index contributed by atoms with van der Waals surface area (Å²) >= 11 is 1.62. The zero-order chi connectivity index (χ0) is 16.8. The molecule has 1 N–H and O–H groups in total. The van der Waals surface area contributed by atoms with Gasteiger partial charge in [0.15, 0.2) is 0 Å². The number of ether oxygens (including phenoxy) is 1. The quantitative estimate of drug-likeness (QED) is 0.891. The first kappa shape index (κ1) is 16.2. The molecular formula is C16H15F3N2OS. The van der Waals surface area contributed by atoms with E-state index in [0.29, 0.717) is 29.7 Å². The van der Waals surface area contributed by atoms with Gasteiger partial charge in [-0.05, 0) is 37.3 Å². The molecule has 122 valence electrons. The standard InChI is InChI=1S/C16H15F3N2OS/c1-15(8-23-2)14-10(3-4-22-15)11-5-9(7-20)12(16(17,18)19)6-13(11)21-14/h5-6,21H,3-4,8H2,1-2H3. The molecule has 1 aliphatic heterocycles. The van der Waals surface area contributed by atoms with Crippen LogP contribution in [0.5, 0.6) is 0 Å². The van der Waals surface area contributed by atoms with Gasteiger partial charge in [-0.15, -0.1) is 0 Å². The predicted octanol–water partition coefficient (Wildman–Crippen LogP) is 4.21. The first-order valence-electron chi connectivity index (χ1n) is 7.09. The van der Waals surface area contributed by atoms with Crippen molar-refractivity contribution in [3.63, 3.8) is 0 Å². The summed E-state index contributed by atoms with van der Waals surface area (Å²) in [6.45, 7) is 2.45. The molecule has 23 heavy (non-hydrogen) atoms. The molecule has 1 unspecified atom stereocenters. The topological polar surface area (TPSA) is 48.8 Å². The number of nitrogens with one attached hydrogen (secondary N) is 1. The van der Waals surface area contributed by atoms with Gasteiger partial charge in [0.05, 0.1) is 29.5 Å². The van der Waals surface area contributed by atoms with Crippen LogP contribution in [-0.2, 0) is 22.9 Å². The Hall–Kier alpha value is -1.65. The van der Waals surface area contributed by atoms with Crippen LogP contribution in [-0.4, -0.2) is 23.6 Å². The van der Waals surface area contributed by atoms with Crippen LogP contribution in [0.4, 0.5) is 13.2 Å².